The second kappa shape index (κ2) is 3.29. The Morgan fingerprint density at radius 3 is 2.71 bits per heavy atom. The Balaban J connectivity index is 2.58. The molecule has 2 rings (SSSR count). The van der Waals surface area contributed by atoms with Crippen molar-refractivity contribution in [2.24, 2.45) is 0 Å². The van der Waals surface area contributed by atoms with E-state index >= 15 is 0 Å². The summed E-state index contributed by atoms with van der Waals surface area (Å²) in [6.07, 6.45) is 1.65. The number of nitrogens with zero attached hydrogens (tertiary/aromatic N) is 3. The molecule has 0 saturated carbocycles. The van der Waals surface area contributed by atoms with Gasteiger partial charge in [-0.05, 0) is 20.8 Å². The lowest BCUT2D eigenvalue weighted by molar-refractivity contribution is 0.432. The van der Waals surface area contributed by atoms with Gasteiger partial charge in [-0.15, -0.1) is 0 Å². The van der Waals surface area contributed by atoms with Crippen molar-refractivity contribution in [1.29, 1.82) is 0 Å². The topological polar surface area (TPSA) is 43.9 Å². The monoisotopic (exact) mass is 191 g/mol. The van der Waals surface area contributed by atoms with E-state index in [0.717, 1.165) is 29.3 Å². The molecule has 0 spiro atoms. The van der Waals surface area contributed by atoms with Crippen molar-refractivity contribution in [2.45, 2.75) is 27.3 Å². The maximum atomic E-state index is 5.14. The third-order valence-electron chi connectivity index (χ3n) is 2.37. The third kappa shape index (κ3) is 1.23. The van der Waals surface area contributed by atoms with Crippen molar-refractivity contribution in [3.05, 3.63) is 23.7 Å². The zero-order valence-corrected chi connectivity index (χ0v) is 8.61. The number of aromatic nitrogens is 3. The Morgan fingerprint density at radius 2 is 2.21 bits per heavy atom. The first-order chi connectivity index (χ1) is 6.74. The Morgan fingerprint density at radius 1 is 1.43 bits per heavy atom. The standard InChI is InChI=1S/C10H13N3O/c1-4-13-8(3)10(7(2)12-13)9-5-6-11-14-9/h5-6H,4H2,1-3H3. The van der Waals surface area contributed by atoms with E-state index in [-0.39, 0.29) is 0 Å². The molecule has 0 unspecified atom stereocenters. The molecule has 2 aromatic rings. The molecule has 0 fully saturated rings. The van der Waals surface area contributed by atoms with Crippen molar-refractivity contribution < 1.29 is 4.52 Å². The number of hydrogen-bond donors (Lipinski definition) is 0. The highest BCUT2D eigenvalue weighted by molar-refractivity contribution is 5.62. The Kier molecular flexibility index (Phi) is 2.11. The molecule has 74 valence electrons. The highest BCUT2D eigenvalue weighted by Crippen LogP contribution is 2.26. The minimum atomic E-state index is 0.791. The van der Waals surface area contributed by atoms with Gasteiger partial charge in [-0.1, -0.05) is 5.16 Å². The average molecular weight is 191 g/mol. The van der Waals surface area contributed by atoms with E-state index < -0.39 is 0 Å². The zero-order valence-electron chi connectivity index (χ0n) is 8.61. The predicted molar refractivity (Wildman–Crippen MR) is 52.9 cm³/mol. The normalized spacial score (nSPS) is 10.8. The fourth-order valence-electron chi connectivity index (χ4n) is 1.71. The fraction of sp³-hybridized carbons (Fsp3) is 0.400. The molecule has 14 heavy (non-hydrogen) atoms. The largest absolute Gasteiger partial charge is 0.356 e. The summed E-state index contributed by atoms with van der Waals surface area (Å²) in [7, 11) is 0. The summed E-state index contributed by atoms with van der Waals surface area (Å²) >= 11 is 0. The van der Waals surface area contributed by atoms with Gasteiger partial charge in [0.05, 0.1) is 17.5 Å². The molecule has 0 saturated heterocycles. The second-order valence-corrected chi connectivity index (χ2v) is 3.24. The maximum absolute atomic E-state index is 5.14. The molecule has 4 heteroatoms. The molecule has 0 radical (unpaired) electrons. The van der Waals surface area contributed by atoms with E-state index in [1.807, 2.05) is 24.6 Å². The Labute approximate surface area is 82.5 Å². The Hall–Kier alpha value is -1.58. The predicted octanol–water partition coefficient (Wildman–Crippen LogP) is 2.17. The molecule has 0 aromatic carbocycles. The molecule has 0 amide bonds. The van der Waals surface area contributed by atoms with Crippen LogP contribution in [0.3, 0.4) is 0 Å². The van der Waals surface area contributed by atoms with Gasteiger partial charge < -0.3 is 4.52 Å². The molecule has 0 aliphatic rings. The van der Waals surface area contributed by atoms with Gasteiger partial charge in [-0.3, -0.25) is 4.68 Å². The first-order valence-corrected chi connectivity index (χ1v) is 4.69. The van der Waals surface area contributed by atoms with E-state index in [2.05, 4.69) is 17.2 Å². The molecule has 2 aromatic heterocycles. The smallest absolute Gasteiger partial charge is 0.170 e. The zero-order chi connectivity index (χ0) is 10.1. The summed E-state index contributed by atoms with van der Waals surface area (Å²) in [5.74, 6) is 0.791. The number of rotatable bonds is 2. The molecule has 0 atom stereocenters. The molecular formula is C10H13N3O. The molecule has 0 bridgehead atoms. The molecule has 2 heterocycles. The van der Waals surface area contributed by atoms with Crippen LogP contribution in [0.5, 0.6) is 0 Å². The summed E-state index contributed by atoms with van der Waals surface area (Å²) in [5.41, 5.74) is 3.17. The summed E-state index contributed by atoms with van der Waals surface area (Å²) in [6.45, 7) is 6.97. The SMILES string of the molecule is CCn1nc(C)c(-c2ccno2)c1C. The summed E-state index contributed by atoms with van der Waals surface area (Å²) in [6, 6.07) is 1.86. The lowest BCUT2D eigenvalue weighted by atomic mass is 10.1. The van der Waals surface area contributed by atoms with Gasteiger partial charge in [0.25, 0.3) is 0 Å². The van der Waals surface area contributed by atoms with Gasteiger partial charge in [-0.25, -0.2) is 0 Å². The third-order valence-corrected chi connectivity index (χ3v) is 2.37. The highest BCUT2D eigenvalue weighted by atomic mass is 16.5. The van der Waals surface area contributed by atoms with Gasteiger partial charge in [0.15, 0.2) is 5.76 Å². The average Bonchev–Trinajstić information content (AvgIpc) is 2.74. The minimum absolute atomic E-state index is 0.791. The molecule has 0 aliphatic carbocycles. The van der Waals surface area contributed by atoms with E-state index in [1.165, 1.54) is 0 Å². The van der Waals surface area contributed by atoms with Crippen molar-refractivity contribution in [1.82, 2.24) is 14.9 Å². The molecule has 0 aliphatic heterocycles. The van der Waals surface area contributed by atoms with Crippen LogP contribution in [-0.4, -0.2) is 14.9 Å². The molecular weight excluding hydrogens is 178 g/mol. The van der Waals surface area contributed by atoms with Crippen LogP contribution in [0.4, 0.5) is 0 Å². The van der Waals surface area contributed by atoms with Crippen molar-refractivity contribution in [3.8, 4) is 11.3 Å². The quantitative estimate of drug-likeness (QED) is 0.730. The van der Waals surface area contributed by atoms with Gasteiger partial charge in [0.1, 0.15) is 0 Å². The van der Waals surface area contributed by atoms with E-state index in [4.69, 9.17) is 4.52 Å². The lowest BCUT2D eigenvalue weighted by Gasteiger charge is -1.98. The summed E-state index contributed by atoms with van der Waals surface area (Å²) in [4.78, 5) is 0. The van der Waals surface area contributed by atoms with Gasteiger partial charge >= 0.3 is 0 Å². The maximum Gasteiger partial charge on any atom is 0.170 e. The van der Waals surface area contributed by atoms with Crippen molar-refractivity contribution in [2.75, 3.05) is 0 Å². The lowest BCUT2D eigenvalue weighted by Crippen LogP contribution is -1.98. The van der Waals surface area contributed by atoms with E-state index in [1.54, 1.807) is 6.20 Å². The van der Waals surface area contributed by atoms with Crippen LogP contribution < -0.4 is 0 Å². The number of aryl methyl sites for hydroxylation is 2. The summed E-state index contributed by atoms with van der Waals surface area (Å²) in [5, 5.41) is 8.12. The Bertz CT molecular complexity index is 428. The van der Waals surface area contributed by atoms with Crippen LogP contribution in [0.15, 0.2) is 16.8 Å². The van der Waals surface area contributed by atoms with Gasteiger partial charge in [0.2, 0.25) is 0 Å². The van der Waals surface area contributed by atoms with Gasteiger partial charge in [0, 0.05) is 18.3 Å². The van der Waals surface area contributed by atoms with Crippen molar-refractivity contribution >= 4 is 0 Å². The van der Waals surface area contributed by atoms with Crippen LogP contribution in [0.1, 0.15) is 18.3 Å². The van der Waals surface area contributed by atoms with Crippen molar-refractivity contribution in [3.63, 3.8) is 0 Å². The van der Waals surface area contributed by atoms with Crippen LogP contribution in [-0.2, 0) is 6.54 Å². The van der Waals surface area contributed by atoms with Crippen LogP contribution in [0.25, 0.3) is 11.3 Å². The molecule has 0 N–H and O–H groups in total. The first-order valence-electron chi connectivity index (χ1n) is 4.69. The number of hydrogen-bond acceptors (Lipinski definition) is 3. The molecule has 4 nitrogen and oxygen atoms in total. The fourth-order valence-corrected chi connectivity index (χ4v) is 1.71. The van der Waals surface area contributed by atoms with Crippen LogP contribution >= 0.6 is 0 Å². The first kappa shape index (κ1) is 8.99. The minimum Gasteiger partial charge on any atom is -0.356 e. The highest BCUT2D eigenvalue weighted by Gasteiger charge is 2.14. The van der Waals surface area contributed by atoms with E-state index in [9.17, 15) is 0 Å². The van der Waals surface area contributed by atoms with Crippen LogP contribution in [0, 0.1) is 13.8 Å². The van der Waals surface area contributed by atoms with Gasteiger partial charge in [-0.2, -0.15) is 5.10 Å². The van der Waals surface area contributed by atoms with Crippen LogP contribution in [0.2, 0.25) is 0 Å². The van der Waals surface area contributed by atoms with E-state index in [0.29, 0.717) is 0 Å². The second-order valence-electron chi connectivity index (χ2n) is 3.24. The summed E-state index contributed by atoms with van der Waals surface area (Å²) < 4.78 is 7.10.